The zero-order valence-corrected chi connectivity index (χ0v) is 11.4. The van der Waals surface area contributed by atoms with Gasteiger partial charge in [-0.05, 0) is 24.5 Å². The molecule has 0 atom stereocenters. The molecule has 0 aliphatic carbocycles. The Morgan fingerprint density at radius 2 is 2.00 bits per heavy atom. The molecule has 7 heteroatoms. The number of aryl methyl sites for hydroxylation is 1. The van der Waals surface area contributed by atoms with E-state index < -0.39 is 5.91 Å². The number of nitrogens with zero attached hydrogens (tertiary/aromatic N) is 3. The van der Waals surface area contributed by atoms with Gasteiger partial charge < -0.3 is 5.73 Å². The summed E-state index contributed by atoms with van der Waals surface area (Å²) in [5.41, 5.74) is 8.62. The van der Waals surface area contributed by atoms with Gasteiger partial charge in [0, 0.05) is 11.1 Å². The van der Waals surface area contributed by atoms with Crippen molar-refractivity contribution in [3.05, 3.63) is 41.7 Å². The monoisotopic (exact) mass is 285 g/mol. The highest BCUT2D eigenvalue weighted by Gasteiger charge is 2.18. The van der Waals surface area contributed by atoms with E-state index in [-0.39, 0.29) is 5.69 Å². The van der Waals surface area contributed by atoms with Crippen molar-refractivity contribution < 1.29 is 4.79 Å². The number of amides is 1. The Bertz CT molecular complexity index is 776. The number of nitrogens with one attached hydrogen (secondary N) is 1. The average Bonchev–Trinajstić information content (AvgIpc) is 3.07. The predicted octanol–water partition coefficient (Wildman–Crippen LogP) is 2.00. The summed E-state index contributed by atoms with van der Waals surface area (Å²) in [5.74, 6) is -0.607. The molecule has 0 aliphatic heterocycles. The van der Waals surface area contributed by atoms with E-state index in [2.05, 4.69) is 19.8 Å². The summed E-state index contributed by atoms with van der Waals surface area (Å²) >= 11 is 1.40. The second kappa shape index (κ2) is 4.86. The van der Waals surface area contributed by atoms with Crippen LogP contribution in [0.3, 0.4) is 0 Å². The van der Waals surface area contributed by atoms with Gasteiger partial charge in [0.1, 0.15) is 5.69 Å². The number of rotatable bonds is 3. The maximum absolute atomic E-state index is 11.4. The summed E-state index contributed by atoms with van der Waals surface area (Å²) in [4.78, 5) is 12.4. The molecule has 0 aliphatic rings. The molecule has 0 unspecified atom stereocenters. The van der Waals surface area contributed by atoms with E-state index in [4.69, 9.17) is 5.73 Å². The van der Waals surface area contributed by atoms with Gasteiger partial charge in [-0.1, -0.05) is 24.3 Å². The topological polar surface area (TPSA) is 97.5 Å². The van der Waals surface area contributed by atoms with Gasteiger partial charge in [-0.25, -0.2) is 0 Å². The van der Waals surface area contributed by atoms with Crippen molar-refractivity contribution in [3.63, 3.8) is 0 Å². The first-order valence-corrected chi connectivity index (χ1v) is 6.68. The van der Waals surface area contributed by atoms with Gasteiger partial charge in [0.05, 0.1) is 10.6 Å². The van der Waals surface area contributed by atoms with Crippen molar-refractivity contribution >= 4 is 17.4 Å². The van der Waals surface area contributed by atoms with Gasteiger partial charge in [0.25, 0.3) is 5.91 Å². The van der Waals surface area contributed by atoms with Crippen molar-refractivity contribution in [2.45, 2.75) is 6.92 Å². The van der Waals surface area contributed by atoms with Gasteiger partial charge in [-0.2, -0.15) is 19.8 Å². The van der Waals surface area contributed by atoms with Crippen LogP contribution in [0.4, 0.5) is 0 Å². The van der Waals surface area contributed by atoms with E-state index in [9.17, 15) is 4.79 Å². The summed E-state index contributed by atoms with van der Waals surface area (Å²) in [5, 5.41) is 10.3. The molecular formula is C13H11N5OS. The molecule has 0 saturated heterocycles. The Balaban J connectivity index is 2.20. The fourth-order valence-corrected chi connectivity index (χ4v) is 2.78. The molecule has 0 saturated carbocycles. The molecule has 3 aromatic rings. The SMILES string of the molecule is Cc1cc(-c2ccccc2-c2n[nH]nc2C(N)=O)sn1. The number of hydrogen-bond donors (Lipinski definition) is 2. The smallest absolute Gasteiger partial charge is 0.271 e. The number of hydrogen-bond acceptors (Lipinski definition) is 5. The molecule has 6 nitrogen and oxygen atoms in total. The van der Waals surface area contributed by atoms with Crippen molar-refractivity contribution in [2.24, 2.45) is 5.73 Å². The largest absolute Gasteiger partial charge is 0.364 e. The molecule has 3 N–H and O–H groups in total. The van der Waals surface area contributed by atoms with Gasteiger partial charge in [-0.15, -0.1) is 0 Å². The third-order valence-electron chi connectivity index (χ3n) is 2.86. The average molecular weight is 285 g/mol. The molecule has 2 aromatic heterocycles. The Morgan fingerprint density at radius 3 is 2.65 bits per heavy atom. The second-order valence-electron chi connectivity index (χ2n) is 4.26. The number of aromatic amines is 1. The molecule has 3 rings (SSSR count). The lowest BCUT2D eigenvalue weighted by molar-refractivity contribution is 0.0996. The van der Waals surface area contributed by atoms with Crippen LogP contribution in [0.15, 0.2) is 30.3 Å². The van der Waals surface area contributed by atoms with Crippen LogP contribution >= 0.6 is 11.5 Å². The Labute approximate surface area is 118 Å². The molecule has 2 heterocycles. The molecule has 0 radical (unpaired) electrons. The molecule has 100 valence electrons. The number of carbonyl (C=O) groups excluding carboxylic acids is 1. The van der Waals surface area contributed by atoms with Crippen LogP contribution in [-0.2, 0) is 0 Å². The lowest BCUT2D eigenvalue weighted by atomic mass is 10.0. The first-order chi connectivity index (χ1) is 9.66. The Hall–Kier alpha value is -2.54. The van der Waals surface area contributed by atoms with E-state index in [1.54, 1.807) is 0 Å². The fraction of sp³-hybridized carbons (Fsp3) is 0.0769. The van der Waals surface area contributed by atoms with Crippen LogP contribution < -0.4 is 5.73 Å². The first kappa shape index (κ1) is 12.5. The zero-order valence-electron chi connectivity index (χ0n) is 10.6. The number of H-pyrrole nitrogens is 1. The van der Waals surface area contributed by atoms with Gasteiger partial charge in [0.2, 0.25) is 0 Å². The van der Waals surface area contributed by atoms with Crippen LogP contribution in [0.2, 0.25) is 0 Å². The molecule has 0 bridgehead atoms. The predicted molar refractivity (Wildman–Crippen MR) is 76.2 cm³/mol. The summed E-state index contributed by atoms with van der Waals surface area (Å²) in [6.07, 6.45) is 0. The van der Waals surface area contributed by atoms with Crippen LogP contribution in [0.1, 0.15) is 16.2 Å². The highest BCUT2D eigenvalue weighted by atomic mass is 32.1. The summed E-state index contributed by atoms with van der Waals surface area (Å²) < 4.78 is 4.28. The first-order valence-electron chi connectivity index (χ1n) is 5.90. The molecule has 20 heavy (non-hydrogen) atoms. The number of primary amides is 1. The summed E-state index contributed by atoms with van der Waals surface area (Å²) in [7, 11) is 0. The minimum atomic E-state index is -0.607. The van der Waals surface area contributed by atoms with Crippen molar-refractivity contribution in [1.29, 1.82) is 0 Å². The molecule has 0 spiro atoms. The van der Waals surface area contributed by atoms with Crippen molar-refractivity contribution in [2.75, 3.05) is 0 Å². The molecular weight excluding hydrogens is 274 g/mol. The number of nitrogens with two attached hydrogens (primary N) is 1. The number of benzene rings is 1. The third-order valence-corrected chi connectivity index (χ3v) is 3.77. The fourth-order valence-electron chi connectivity index (χ4n) is 1.99. The van der Waals surface area contributed by atoms with Crippen LogP contribution in [0, 0.1) is 6.92 Å². The molecule has 0 fully saturated rings. The minimum Gasteiger partial charge on any atom is -0.364 e. The van der Waals surface area contributed by atoms with E-state index in [1.807, 2.05) is 37.3 Å². The Morgan fingerprint density at radius 1 is 1.25 bits per heavy atom. The van der Waals surface area contributed by atoms with Crippen LogP contribution in [-0.4, -0.2) is 25.7 Å². The highest BCUT2D eigenvalue weighted by molar-refractivity contribution is 7.09. The quantitative estimate of drug-likeness (QED) is 0.769. The van der Waals surface area contributed by atoms with Crippen LogP contribution in [0.25, 0.3) is 21.7 Å². The maximum Gasteiger partial charge on any atom is 0.271 e. The minimum absolute atomic E-state index is 0.138. The lowest BCUT2D eigenvalue weighted by Gasteiger charge is -2.05. The van der Waals surface area contributed by atoms with E-state index >= 15 is 0 Å². The standard InChI is InChI=1S/C13H11N5OS/c1-7-6-10(20-17-7)8-4-2-3-5-9(8)11-12(13(14)19)16-18-15-11/h2-6H,1H3,(H2,14,19)(H,15,16,18). The van der Waals surface area contributed by atoms with Gasteiger partial charge in [0.15, 0.2) is 5.69 Å². The van der Waals surface area contributed by atoms with E-state index in [1.165, 1.54) is 11.5 Å². The van der Waals surface area contributed by atoms with E-state index in [0.29, 0.717) is 5.69 Å². The number of carbonyl (C=O) groups is 1. The van der Waals surface area contributed by atoms with Gasteiger partial charge in [-0.3, -0.25) is 4.79 Å². The summed E-state index contributed by atoms with van der Waals surface area (Å²) in [6.45, 7) is 1.94. The second-order valence-corrected chi connectivity index (χ2v) is 5.07. The molecule has 1 amide bonds. The normalized spacial score (nSPS) is 10.7. The van der Waals surface area contributed by atoms with Crippen molar-refractivity contribution in [1.82, 2.24) is 19.8 Å². The van der Waals surface area contributed by atoms with Crippen molar-refractivity contribution in [3.8, 4) is 21.7 Å². The lowest BCUT2D eigenvalue weighted by Crippen LogP contribution is -2.12. The number of aromatic nitrogens is 4. The van der Waals surface area contributed by atoms with Crippen LogP contribution in [0.5, 0.6) is 0 Å². The van der Waals surface area contributed by atoms with E-state index in [0.717, 1.165) is 21.7 Å². The Kier molecular flexibility index (Phi) is 3.03. The maximum atomic E-state index is 11.4. The zero-order chi connectivity index (χ0) is 14.1. The molecule has 1 aromatic carbocycles. The third kappa shape index (κ3) is 2.08. The van der Waals surface area contributed by atoms with Gasteiger partial charge >= 0.3 is 0 Å². The summed E-state index contributed by atoms with van der Waals surface area (Å²) in [6, 6.07) is 9.65. The highest BCUT2D eigenvalue weighted by Crippen LogP contribution is 2.34.